The largest absolute Gasteiger partial charge is 0.480 e. The lowest BCUT2D eigenvalue weighted by molar-refractivity contribution is -0.140. The van der Waals surface area contributed by atoms with Crippen molar-refractivity contribution in [2.75, 3.05) is 0 Å². The van der Waals surface area contributed by atoms with Gasteiger partial charge in [0.05, 0.1) is 4.90 Å². The molecule has 0 unspecified atom stereocenters. The van der Waals surface area contributed by atoms with Crippen molar-refractivity contribution < 1.29 is 18.3 Å². The maximum absolute atomic E-state index is 12.5. The van der Waals surface area contributed by atoms with E-state index in [1.807, 2.05) is 6.92 Å². The number of nitrogens with zero attached hydrogens (tertiary/aromatic N) is 1. The molecule has 1 aliphatic heterocycles. The average molecular weight is 283 g/mol. The highest BCUT2D eigenvalue weighted by atomic mass is 32.2. The predicted molar refractivity (Wildman–Crippen MR) is 70.3 cm³/mol. The summed E-state index contributed by atoms with van der Waals surface area (Å²) in [6.45, 7) is 3.61. The monoisotopic (exact) mass is 283 g/mol. The van der Waals surface area contributed by atoms with Crippen LogP contribution >= 0.6 is 0 Å². The molecule has 0 radical (unpaired) electrons. The second-order valence-corrected chi connectivity index (χ2v) is 6.77. The summed E-state index contributed by atoms with van der Waals surface area (Å²) in [6.07, 6.45) is 0.934. The van der Waals surface area contributed by atoms with Crippen LogP contribution in [0.4, 0.5) is 0 Å². The molecular formula is C13H17NO4S. The number of hydrogen-bond donors (Lipinski definition) is 1. The minimum atomic E-state index is -3.75. The fourth-order valence-corrected chi connectivity index (χ4v) is 4.26. The molecule has 19 heavy (non-hydrogen) atoms. The zero-order valence-electron chi connectivity index (χ0n) is 10.9. The summed E-state index contributed by atoms with van der Waals surface area (Å²) in [5.41, 5.74) is 0.961. The Morgan fingerprint density at radius 3 is 2.37 bits per heavy atom. The van der Waals surface area contributed by atoms with Crippen LogP contribution in [0, 0.1) is 6.92 Å². The summed E-state index contributed by atoms with van der Waals surface area (Å²) < 4.78 is 26.2. The number of carboxylic acids is 1. The maximum atomic E-state index is 12.5. The summed E-state index contributed by atoms with van der Waals surface area (Å²) in [5, 5.41) is 9.15. The fourth-order valence-electron chi connectivity index (χ4n) is 2.43. The first-order chi connectivity index (χ1) is 8.84. The third-order valence-electron chi connectivity index (χ3n) is 3.48. The lowest BCUT2D eigenvalue weighted by atomic mass is 10.2. The zero-order chi connectivity index (χ0) is 14.2. The molecule has 2 atom stereocenters. The van der Waals surface area contributed by atoms with Gasteiger partial charge in [0, 0.05) is 6.04 Å². The van der Waals surface area contributed by atoms with E-state index in [1.54, 1.807) is 19.1 Å². The molecule has 1 saturated heterocycles. The van der Waals surface area contributed by atoms with Crippen molar-refractivity contribution in [2.45, 2.75) is 43.7 Å². The van der Waals surface area contributed by atoms with Crippen LogP contribution in [-0.4, -0.2) is 35.9 Å². The minimum absolute atomic E-state index is 0.151. The molecular weight excluding hydrogens is 266 g/mol. The number of aliphatic carboxylic acids is 1. The SMILES string of the molecule is Cc1ccc(S(=O)(=O)N2[C@H](C)CC[C@H]2C(=O)O)cc1. The van der Waals surface area contributed by atoms with Crippen LogP contribution in [-0.2, 0) is 14.8 Å². The first kappa shape index (κ1) is 14.0. The van der Waals surface area contributed by atoms with Crippen molar-refractivity contribution >= 4 is 16.0 Å². The Balaban J connectivity index is 2.43. The molecule has 0 aromatic heterocycles. The normalized spacial score (nSPS) is 24.5. The highest BCUT2D eigenvalue weighted by Gasteiger charge is 2.43. The van der Waals surface area contributed by atoms with Crippen LogP contribution in [0.5, 0.6) is 0 Å². The average Bonchev–Trinajstić information content (AvgIpc) is 2.72. The van der Waals surface area contributed by atoms with Crippen LogP contribution in [0.15, 0.2) is 29.2 Å². The number of aryl methyl sites for hydroxylation is 1. The molecule has 0 saturated carbocycles. The summed E-state index contributed by atoms with van der Waals surface area (Å²) in [5.74, 6) is -1.08. The van der Waals surface area contributed by atoms with Gasteiger partial charge in [-0.3, -0.25) is 4.79 Å². The van der Waals surface area contributed by atoms with Gasteiger partial charge in [0.15, 0.2) is 0 Å². The molecule has 0 amide bonds. The zero-order valence-corrected chi connectivity index (χ0v) is 11.7. The van der Waals surface area contributed by atoms with Gasteiger partial charge in [-0.25, -0.2) is 8.42 Å². The van der Waals surface area contributed by atoms with Crippen molar-refractivity contribution in [3.05, 3.63) is 29.8 Å². The number of hydrogen-bond acceptors (Lipinski definition) is 3. The second kappa shape index (κ2) is 4.94. The quantitative estimate of drug-likeness (QED) is 0.914. The standard InChI is InChI=1S/C13H17NO4S/c1-9-3-6-11(7-4-9)19(17,18)14-10(2)5-8-12(14)13(15)16/h3-4,6-7,10,12H,5,8H2,1-2H3,(H,15,16)/t10-,12+/m1/s1. The van der Waals surface area contributed by atoms with E-state index < -0.39 is 22.0 Å². The third-order valence-corrected chi connectivity index (χ3v) is 5.52. The third kappa shape index (κ3) is 2.50. The van der Waals surface area contributed by atoms with E-state index in [2.05, 4.69) is 0 Å². The predicted octanol–water partition coefficient (Wildman–Crippen LogP) is 1.62. The first-order valence-corrected chi connectivity index (χ1v) is 7.61. The van der Waals surface area contributed by atoms with E-state index in [9.17, 15) is 13.2 Å². The van der Waals surface area contributed by atoms with Crippen LogP contribution in [0.2, 0.25) is 0 Å². The molecule has 104 valence electrons. The van der Waals surface area contributed by atoms with Crippen molar-refractivity contribution in [2.24, 2.45) is 0 Å². The second-order valence-electron chi connectivity index (χ2n) is 4.93. The first-order valence-electron chi connectivity index (χ1n) is 6.17. The Kier molecular flexibility index (Phi) is 3.64. The lowest BCUT2D eigenvalue weighted by Gasteiger charge is -2.25. The Bertz CT molecular complexity index is 579. The van der Waals surface area contributed by atoms with Gasteiger partial charge in [0.25, 0.3) is 0 Å². The molecule has 0 bridgehead atoms. The van der Waals surface area contributed by atoms with Gasteiger partial charge in [-0.1, -0.05) is 17.7 Å². The van der Waals surface area contributed by atoms with E-state index in [4.69, 9.17) is 5.11 Å². The van der Waals surface area contributed by atoms with E-state index in [0.29, 0.717) is 12.8 Å². The molecule has 6 heteroatoms. The van der Waals surface area contributed by atoms with Gasteiger partial charge in [0.2, 0.25) is 10.0 Å². The molecule has 5 nitrogen and oxygen atoms in total. The fraction of sp³-hybridized carbons (Fsp3) is 0.462. The molecule has 0 aliphatic carbocycles. The van der Waals surface area contributed by atoms with Gasteiger partial charge in [0.1, 0.15) is 6.04 Å². The summed E-state index contributed by atoms with van der Waals surface area (Å²) in [7, 11) is -3.75. The Morgan fingerprint density at radius 1 is 1.26 bits per heavy atom. The Morgan fingerprint density at radius 2 is 1.84 bits per heavy atom. The molecule has 1 aromatic carbocycles. The maximum Gasteiger partial charge on any atom is 0.322 e. The van der Waals surface area contributed by atoms with E-state index in [1.165, 1.54) is 12.1 Å². The molecule has 1 aliphatic rings. The lowest BCUT2D eigenvalue weighted by Crippen LogP contribution is -2.43. The number of benzene rings is 1. The van der Waals surface area contributed by atoms with Gasteiger partial charge < -0.3 is 5.11 Å². The number of sulfonamides is 1. The summed E-state index contributed by atoms with van der Waals surface area (Å²) >= 11 is 0. The molecule has 1 fully saturated rings. The van der Waals surface area contributed by atoms with Crippen LogP contribution in [0.1, 0.15) is 25.3 Å². The van der Waals surface area contributed by atoms with E-state index >= 15 is 0 Å². The smallest absolute Gasteiger partial charge is 0.322 e. The molecule has 2 rings (SSSR count). The van der Waals surface area contributed by atoms with Crippen molar-refractivity contribution in [1.29, 1.82) is 0 Å². The molecule has 1 N–H and O–H groups in total. The molecule has 1 aromatic rings. The number of rotatable bonds is 3. The van der Waals surface area contributed by atoms with Gasteiger partial charge >= 0.3 is 5.97 Å². The van der Waals surface area contributed by atoms with Crippen LogP contribution < -0.4 is 0 Å². The van der Waals surface area contributed by atoms with E-state index in [-0.39, 0.29) is 10.9 Å². The van der Waals surface area contributed by atoms with Crippen LogP contribution in [0.25, 0.3) is 0 Å². The van der Waals surface area contributed by atoms with Gasteiger partial charge in [-0.2, -0.15) is 4.31 Å². The van der Waals surface area contributed by atoms with Crippen molar-refractivity contribution in [1.82, 2.24) is 4.31 Å². The van der Waals surface area contributed by atoms with Gasteiger partial charge in [-0.05, 0) is 38.8 Å². The topological polar surface area (TPSA) is 74.7 Å². The minimum Gasteiger partial charge on any atom is -0.480 e. The highest BCUT2D eigenvalue weighted by molar-refractivity contribution is 7.89. The summed E-state index contributed by atoms with van der Waals surface area (Å²) in [6, 6.07) is 5.23. The molecule has 0 spiro atoms. The van der Waals surface area contributed by atoms with Crippen molar-refractivity contribution in [3.63, 3.8) is 0 Å². The highest BCUT2D eigenvalue weighted by Crippen LogP contribution is 2.31. The van der Waals surface area contributed by atoms with Gasteiger partial charge in [-0.15, -0.1) is 0 Å². The molecule has 1 heterocycles. The van der Waals surface area contributed by atoms with Crippen LogP contribution in [0.3, 0.4) is 0 Å². The van der Waals surface area contributed by atoms with E-state index in [0.717, 1.165) is 9.87 Å². The summed E-state index contributed by atoms with van der Waals surface area (Å²) in [4.78, 5) is 11.3. The Hall–Kier alpha value is -1.40. The Labute approximate surface area is 112 Å². The van der Waals surface area contributed by atoms with Crippen molar-refractivity contribution in [3.8, 4) is 0 Å². The number of carbonyl (C=O) groups is 1. The number of carboxylic acid groups (broad SMARTS) is 1.